The van der Waals surface area contributed by atoms with Gasteiger partial charge in [-0.2, -0.15) is 13.2 Å². The molecule has 1 aromatic rings. The first-order chi connectivity index (χ1) is 8.81. The normalized spacial score (nSPS) is 13.8. The Bertz CT molecular complexity index is 373. The molecule has 0 saturated carbocycles. The fraction of sp³-hybridized carbons (Fsp3) is 0.571. The number of rotatable bonds is 6. The lowest BCUT2D eigenvalue weighted by atomic mass is 10.0. The fourth-order valence-corrected chi connectivity index (χ4v) is 1.88. The van der Waals surface area contributed by atoms with Gasteiger partial charge in [0.25, 0.3) is 0 Å². The van der Waals surface area contributed by atoms with Crippen LogP contribution in [0, 0.1) is 6.92 Å². The van der Waals surface area contributed by atoms with E-state index in [1.54, 1.807) is 11.9 Å². The van der Waals surface area contributed by atoms with Crippen LogP contribution >= 0.6 is 0 Å². The summed E-state index contributed by atoms with van der Waals surface area (Å²) in [4.78, 5) is 1.70. The van der Waals surface area contributed by atoms with E-state index >= 15 is 0 Å². The van der Waals surface area contributed by atoms with Crippen LogP contribution in [0.1, 0.15) is 23.6 Å². The molecule has 1 unspecified atom stereocenters. The molecule has 19 heavy (non-hydrogen) atoms. The van der Waals surface area contributed by atoms with E-state index in [1.165, 1.54) is 5.56 Å². The Morgan fingerprint density at radius 3 is 2.26 bits per heavy atom. The van der Waals surface area contributed by atoms with Gasteiger partial charge in [-0.1, -0.05) is 29.8 Å². The Labute approximate surface area is 112 Å². The second kappa shape index (κ2) is 6.91. The molecule has 2 nitrogen and oxygen atoms in total. The van der Waals surface area contributed by atoms with Crippen molar-refractivity contribution in [3.8, 4) is 0 Å². The topological polar surface area (TPSA) is 15.3 Å². The van der Waals surface area contributed by atoms with Crippen molar-refractivity contribution in [2.75, 3.05) is 27.2 Å². The van der Waals surface area contributed by atoms with E-state index in [4.69, 9.17) is 0 Å². The Morgan fingerprint density at radius 1 is 1.21 bits per heavy atom. The molecule has 0 amide bonds. The maximum absolute atomic E-state index is 12.2. The molecule has 1 N–H and O–H groups in total. The average molecular weight is 274 g/mol. The minimum absolute atomic E-state index is 0.0214. The SMILES string of the molecule is CNC(CN(C)CCC(F)(F)F)c1ccc(C)cc1. The number of likely N-dealkylation sites (N-methyl/N-ethyl adjacent to an activating group) is 2. The summed E-state index contributed by atoms with van der Waals surface area (Å²) in [5, 5.41) is 3.14. The van der Waals surface area contributed by atoms with E-state index < -0.39 is 12.6 Å². The van der Waals surface area contributed by atoms with Crippen LogP contribution in [-0.2, 0) is 0 Å². The zero-order valence-electron chi connectivity index (χ0n) is 11.6. The summed E-state index contributed by atoms with van der Waals surface area (Å²) in [5.41, 5.74) is 2.26. The van der Waals surface area contributed by atoms with Gasteiger partial charge in [-0.3, -0.25) is 0 Å². The van der Waals surface area contributed by atoms with Crippen LogP contribution in [-0.4, -0.2) is 38.3 Å². The summed E-state index contributed by atoms with van der Waals surface area (Å²) in [6, 6.07) is 8.08. The Kier molecular flexibility index (Phi) is 5.82. The van der Waals surface area contributed by atoms with Crippen molar-refractivity contribution in [3.05, 3.63) is 35.4 Å². The van der Waals surface area contributed by atoms with Gasteiger partial charge < -0.3 is 10.2 Å². The Morgan fingerprint density at radius 2 is 1.79 bits per heavy atom. The van der Waals surface area contributed by atoms with Crippen LogP contribution in [0.2, 0.25) is 0 Å². The lowest BCUT2D eigenvalue weighted by Crippen LogP contribution is -2.33. The molecule has 0 fully saturated rings. The fourth-order valence-electron chi connectivity index (χ4n) is 1.88. The minimum atomic E-state index is -4.09. The van der Waals surface area contributed by atoms with Crippen molar-refractivity contribution in [2.24, 2.45) is 0 Å². The van der Waals surface area contributed by atoms with Gasteiger partial charge in [-0.25, -0.2) is 0 Å². The first kappa shape index (κ1) is 16.0. The maximum Gasteiger partial charge on any atom is 0.390 e. The number of alkyl halides is 3. The highest BCUT2D eigenvalue weighted by atomic mass is 19.4. The van der Waals surface area contributed by atoms with Gasteiger partial charge in [0, 0.05) is 19.1 Å². The number of aryl methyl sites for hydroxylation is 1. The van der Waals surface area contributed by atoms with E-state index in [0.717, 1.165) is 5.56 Å². The van der Waals surface area contributed by atoms with Crippen molar-refractivity contribution >= 4 is 0 Å². The van der Waals surface area contributed by atoms with Crippen molar-refractivity contribution in [2.45, 2.75) is 25.6 Å². The summed E-state index contributed by atoms with van der Waals surface area (Å²) in [6.07, 6.45) is -4.86. The van der Waals surface area contributed by atoms with Crippen LogP contribution < -0.4 is 5.32 Å². The lowest BCUT2D eigenvalue weighted by molar-refractivity contribution is -0.137. The van der Waals surface area contributed by atoms with Crippen molar-refractivity contribution < 1.29 is 13.2 Å². The zero-order chi connectivity index (χ0) is 14.5. The largest absolute Gasteiger partial charge is 0.390 e. The first-order valence-electron chi connectivity index (χ1n) is 6.31. The van der Waals surface area contributed by atoms with Crippen LogP contribution in [0.3, 0.4) is 0 Å². The average Bonchev–Trinajstić information content (AvgIpc) is 2.34. The standard InChI is InChI=1S/C14H21F3N2/c1-11-4-6-12(7-5-11)13(18-2)10-19(3)9-8-14(15,16)17/h4-7,13,18H,8-10H2,1-3H3. The number of hydrogen-bond acceptors (Lipinski definition) is 2. The molecule has 0 aliphatic carbocycles. The molecule has 0 bridgehead atoms. The summed E-state index contributed by atoms with van der Waals surface area (Å²) >= 11 is 0. The molecule has 0 heterocycles. The Balaban J connectivity index is 2.54. The van der Waals surface area contributed by atoms with Gasteiger partial charge in [-0.05, 0) is 26.6 Å². The van der Waals surface area contributed by atoms with Gasteiger partial charge >= 0.3 is 6.18 Å². The molecule has 108 valence electrons. The molecule has 0 spiro atoms. The van der Waals surface area contributed by atoms with Crippen molar-refractivity contribution in [1.82, 2.24) is 10.2 Å². The summed E-state index contributed by atoms with van der Waals surface area (Å²) in [5.74, 6) is 0. The molecule has 1 rings (SSSR count). The lowest BCUT2D eigenvalue weighted by Gasteiger charge is -2.24. The van der Waals surface area contributed by atoms with Gasteiger partial charge in [0.05, 0.1) is 6.42 Å². The van der Waals surface area contributed by atoms with E-state index in [0.29, 0.717) is 6.54 Å². The monoisotopic (exact) mass is 274 g/mol. The first-order valence-corrected chi connectivity index (χ1v) is 6.31. The smallest absolute Gasteiger partial charge is 0.312 e. The molecule has 0 aliphatic rings. The molecule has 5 heteroatoms. The number of nitrogens with one attached hydrogen (secondary N) is 1. The van der Waals surface area contributed by atoms with Gasteiger partial charge in [0.1, 0.15) is 0 Å². The minimum Gasteiger partial charge on any atom is -0.312 e. The van der Waals surface area contributed by atoms with E-state index in [-0.39, 0.29) is 12.6 Å². The van der Waals surface area contributed by atoms with Gasteiger partial charge in [0.2, 0.25) is 0 Å². The third-order valence-electron chi connectivity index (χ3n) is 3.10. The van der Waals surface area contributed by atoms with E-state index in [9.17, 15) is 13.2 Å². The molecule has 0 aromatic heterocycles. The second-order valence-electron chi connectivity index (χ2n) is 4.88. The zero-order valence-corrected chi connectivity index (χ0v) is 11.6. The summed E-state index contributed by atoms with van der Waals surface area (Å²) in [7, 11) is 3.53. The highest BCUT2D eigenvalue weighted by molar-refractivity contribution is 5.24. The molecule has 0 aliphatic heterocycles. The number of benzene rings is 1. The van der Waals surface area contributed by atoms with Crippen molar-refractivity contribution in [1.29, 1.82) is 0 Å². The molecule has 0 radical (unpaired) electrons. The van der Waals surface area contributed by atoms with Crippen LogP contribution in [0.4, 0.5) is 13.2 Å². The van der Waals surface area contributed by atoms with E-state index in [2.05, 4.69) is 5.32 Å². The van der Waals surface area contributed by atoms with Crippen LogP contribution in [0.15, 0.2) is 24.3 Å². The second-order valence-corrected chi connectivity index (χ2v) is 4.88. The Hall–Kier alpha value is -1.07. The predicted octanol–water partition coefficient (Wildman–Crippen LogP) is 3.14. The number of nitrogens with zero attached hydrogens (tertiary/aromatic N) is 1. The third-order valence-corrected chi connectivity index (χ3v) is 3.10. The number of halogens is 3. The van der Waals surface area contributed by atoms with Crippen LogP contribution in [0.25, 0.3) is 0 Å². The molecule has 1 aromatic carbocycles. The highest BCUT2D eigenvalue weighted by Gasteiger charge is 2.27. The maximum atomic E-state index is 12.2. The quantitative estimate of drug-likeness (QED) is 0.857. The molecular formula is C14H21F3N2. The third kappa shape index (κ3) is 6.07. The van der Waals surface area contributed by atoms with Gasteiger partial charge in [0.15, 0.2) is 0 Å². The van der Waals surface area contributed by atoms with E-state index in [1.807, 2.05) is 38.2 Å². The van der Waals surface area contributed by atoms with Gasteiger partial charge in [-0.15, -0.1) is 0 Å². The van der Waals surface area contributed by atoms with Crippen molar-refractivity contribution in [3.63, 3.8) is 0 Å². The highest BCUT2D eigenvalue weighted by Crippen LogP contribution is 2.20. The molecule has 0 saturated heterocycles. The molecule has 1 atom stereocenters. The molecular weight excluding hydrogens is 253 g/mol. The summed E-state index contributed by atoms with van der Waals surface area (Å²) in [6.45, 7) is 2.58. The number of hydrogen-bond donors (Lipinski definition) is 1. The van der Waals surface area contributed by atoms with Crippen LogP contribution in [0.5, 0.6) is 0 Å². The summed E-state index contributed by atoms with van der Waals surface area (Å²) < 4.78 is 36.5. The predicted molar refractivity (Wildman–Crippen MR) is 71.1 cm³/mol.